The van der Waals surface area contributed by atoms with Crippen molar-refractivity contribution in [1.29, 1.82) is 0 Å². The van der Waals surface area contributed by atoms with Gasteiger partial charge >= 0.3 is 12.0 Å². The molecule has 2 N–H and O–H groups in total. The van der Waals surface area contributed by atoms with Gasteiger partial charge in [0.1, 0.15) is 0 Å². The van der Waals surface area contributed by atoms with Gasteiger partial charge in [0.05, 0.1) is 28.3 Å². The van der Waals surface area contributed by atoms with Crippen LogP contribution >= 0.6 is 11.6 Å². The monoisotopic (exact) mass is 469 g/mol. The molecular formula is C25H28ClN3O4. The molecule has 1 aliphatic rings. The molecule has 0 radical (unpaired) electrons. The van der Waals surface area contributed by atoms with E-state index in [1.54, 1.807) is 74.2 Å². The van der Waals surface area contributed by atoms with Gasteiger partial charge in [-0.05, 0) is 57.0 Å². The maximum absolute atomic E-state index is 12.9. The molecule has 0 aliphatic carbocycles. The van der Waals surface area contributed by atoms with Crippen LogP contribution in [0.15, 0.2) is 59.8 Å². The molecule has 2 aromatic carbocycles. The second kappa shape index (κ2) is 10.5. The first kappa shape index (κ1) is 24.3. The summed E-state index contributed by atoms with van der Waals surface area (Å²) in [5.41, 5.74) is 2.60. The number of urea groups is 1. The number of benzene rings is 2. The smallest absolute Gasteiger partial charge is 0.338 e. The molecule has 174 valence electrons. The molecule has 1 heterocycles. The lowest BCUT2D eigenvalue weighted by molar-refractivity contribution is -0.143. The molecule has 3 amide bonds. The number of anilines is 1. The first-order valence-corrected chi connectivity index (χ1v) is 11.3. The summed E-state index contributed by atoms with van der Waals surface area (Å²) >= 11 is 6.10. The maximum Gasteiger partial charge on any atom is 0.338 e. The number of carbonyl (C=O) groups excluding carboxylic acids is 3. The number of esters is 1. The Morgan fingerprint density at radius 1 is 1.15 bits per heavy atom. The van der Waals surface area contributed by atoms with Crippen molar-refractivity contribution in [2.45, 2.75) is 46.3 Å². The fraction of sp³-hybridized carbons (Fsp3) is 0.320. The van der Waals surface area contributed by atoms with E-state index in [9.17, 15) is 14.4 Å². The minimum absolute atomic E-state index is 0.267. The van der Waals surface area contributed by atoms with Gasteiger partial charge in [0, 0.05) is 17.9 Å². The lowest BCUT2D eigenvalue weighted by Crippen LogP contribution is -2.48. The van der Waals surface area contributed by atoms with Crippen molar-refractivity contribution in [2.24, 2.45) is 0 Å². The van der Waals surface area contributed by atoms with Crippen molar-refractivity contribution in [3.05, 3.63) is 76.0 Å². The topological polar surface area (TPSA) is 87.7 Å². The van der Waals surface area contributed by atoms with Crippen LogP contribution in [0.2, 0.25) is 5.02 Å². The summed E-state index contributed by atoms with van der Waals surface area (Å²) < 4.78 is 5.47. The third-order valence-electron chi connectivity index (χ3n) is 5.23. The average molecular weight is 470 g/mol. The van der Waals surface area contributed by atoms with Gasteiger partial charge in [-0.3, -0.25) is 9.69 Å². The second-order valence-corrected chi connectivity index (χ2v) is 8.45. The van der Waals surface area contributed by atoms with Crippen LogP contribution in [0.4, 0.5) is 10.5 Å². The van der Waals surface area contributed by atoms with Gasteiger partial charge in [-0.15, -0.1) is 0 Å². The summed E-state index contributed by atoms with van der Waals surface area (Å²) in [6, 6.07) is 12.8. The number of ether oxygens (including phenoxy) is 1. The van der Waals surface area contributed by atoms with E-state index in [1.165, 1.54) is 0 Å². The van der Waals surface area contributed by atoms with E-state index in [2.05, 4.69) is 10.6 Å². The van der Waals surface area contributed by atoms with Crippen molar-refractivity contribution in [3.63, 3.8) is 0 Å². The molecule has 0 saturated heterocycles. The largest absolute Gasteiger partial charge is 0.459 e. The highest BCUT2D eigenvalue weighted by molar-refractivity contribution is 6.34. The maximum atomic E-state index is 12.9. The Balaban J connectivity index is 1.88. The van der Waals surface area contributed by atoms with Gasteiger partial charge in [-0.2, -0.15) is 0 Å². The summed E-state index contributed by atoms with van der Waals surface area (Å²) in [6.45, 7) is 7.79. The van der Waals surface area contributed by atoms with Crippen LogP contribution in [0.1, 0.15) is 56.1 Å². The number of nitrogens with one attached hydrogen (secondary N) is 2. The molecule has 1 unspecified atom stereocenters. The highest BCUT2D eigenvalue weighted by Crippen LogP contribution is 2.32. The number of nitrogens with zero attached hydrogens (tertiary/aromatic N) is 1. The summed E-state index contributed by atoms with van der Waals surface area (Å²) in [7, 11) is 0. The fourth-order valence-electron chi connectivity index (χ4n) is 3.67. The van der Waals surface area contributed by atoms with E-state index < -0.39 is 12.0 Å². The summed E-state index contributed by atoms with van der Waals surface area (Å²) in [4.78, 5) is 39.7. The number of amides is 3. The number of rotatable bonds is 7. The second-order valence-electron chi connectivity index (χ2n) is 8.04. The SMILES string of the molecule is CCCN1C(=O)NC(c2ccc(NC(=O)c3ccccc3Cl)cc2)C(C(=O)OC(C)C)=C1C. The number of allylic oxidation sites excluding steroid dienone is 1. The van der Waals surface area contributed by atoms with E-state index in [0.29, 0.717) is 39.7 Å². The first-order valence-electron chi connectivity index (χ1n) is 10.9. The van der Waals surface area contributed by atoms with Crippen LogP contribution in [0.5, 0.6) is 0 Å². The average Bonchev–Trinajstić information content (AvgIpc) is 2.76. The van der Waals surface area contributed by atoms with Crippen molar-refractivity contribution in [1.82, 2.24) is 10.2 Å². The van der Waals surface area contributed by atoms with E-state index in [0.717, 1.165) is 6.42 Å². The predicted molar refractivity (Wildman–Crippen MR) is 128 cm³/mol. The Labute approximate surface area is 198 Å². The van der Waals surface area contributed by atoms with Gasteiger partial charge in [0.2, 0.25) is 0 Å². The Bertz CT molecular complexity index is 1080. The molecule has 8 heteroatoms. The highest BCUT2D eigenvalue weighted by Gasteiger charge is 2.36. The van der Waals surface area contributed by atoms with Crippen molar-refractivity contribution < 1.29 is 19.1 Å². The standard InChI is InChI=1S/C25H28ClN3O4/c1-5-14-29-16(4)21(24(31)33-15(2)3)22(28-25(29)32)17-10-12-18(13-11-17)27-23(30)19-8-6-7-9-20(19)26/h6-13,15,22H,5,14H2,1-4H3,(H,27,30)(H,28,32). The summed E-state index contributed by atoms with van der Waals surface area (Å²) in [5.74, 6) is -0.795. The predicted octanol–water partition coefficient (Wildman–Crippen LogP) is 5.29. The van der Waals surface area contributed by atoms with Crippen LogP contribution < -0.4 is 10.6 Å². The van der Waals surface area contributed by atoms with Crippen LogP contribution in [0.25, 0.3) is 0 Å². The van der Waals surface area contributed by atoms with E-state index in [4.69, 9.17) is 16.3 Å². The quantitative estimate of drug-likeness (QED) is 0.539. The van der Waals surface area contributed by atoms with E-state index in [1.807, 2.05) is 6.92 Å². The molecule has 1 aliphatic heterocycles. The van der Waals surface area contributed by atoms with E-state index >= 15 is 0 Å². The zero-order valence-corrected chi connectivity index (χ0v) is 19.9. The van der Waals surface area contributed by atoms with Crippen molar-refractivity contribution in [3.8, 4) is 0 Å². The fourth-order valence-corrected chi connectivity index (χ4v) is 3.89. The summed E-state index contributed by atoms with van der Waals surface area (Å²) in [6.07, 6.45) is 0.458. The Hall–Kier alpha value is -3.32. The van der Waals surface area contributed by atoms with Crippen LogP contribution in [-0.4, -0.2) is 35.5 Å². The highest BCUT2D eigenvalue weighted by atomic mass is 35.5. The lowest BCUT2D eigenvalue weighted by atomic mass is 9.94. The normalized spacial score (nSPS) is 16.0. The molecule has 0 fully saturated rings. The van der Waals surface area contributed by atoms with Crippen LogP contribution in [-0.2, 0) is 9.53 Å². The third-order valence-corrected chi connectivity index (χ3v) is 5.56. The lowest BCUT2D eigenvalue weighted by Gasteiger charge is -2.35. The molecule has 3 rings (SSSR count). The minimum atomic E-state index is -0.662. The third kappa shape index (κ3) is 5.54. The molecule has 1 atom stereocenters. The number of hydrogen-bond donors (Lipinski definition) is 2. The zero-order valence-electron chi connectivity index (χ0n) is 19.1. The number of halogens is 1. The minimum Gasteiger partial charge on any atom is -0.459 e. The molecule has 0 bridgehead atoms. The molecule has 0 saturated carbocycles. The number of carbonyl (C=O) groups is 3. The van der Waals surface area contributed by atoms with Gasteiger partial charge in [0.25, 0.3) is 5.91 Å². The van der Waals surface area contributed by atoms with E-state index in [-0.39, 0.29) is 18.0 Å². The van der Waals surface area contributed by atoms with Gasteiger partial charge in [-0.25, -0.2) is 9.59 Å². The Morgan fingerprint density at radius 3 is 2.42 bits per heavy atom. The molecule has 33 heavy (non-hydrogen) atoms. The zero-order chi connectivity index (χ0) is 24.1. The Morgan fingerprint density at radius 2 is 1.82 bits per heavy atom. The molecule has 0 spiro atoms. The van der Waals surface area contributed by atoms with Gasteiger partial charge in [0.15, 0.2) is 0 Å². The van der Waals surface area contributed by atoms with Gasteiger partial charge < -0.3 is 15.4 Å². The van der Waals surface area contributed by atoms with Crippen molar-refractivity contribution >= 4 is 35.2 Å². The molecule has 2 aromatic rings. The molecule has 0 aromatic heterocycles. The summed E-state index contributed by atoms with van der Waals surface area (Å²) in [5, 5.41) is 6.09. The van der Waals surface area contributed by atoms with Gasteiger partial charge in [-0.1, -0.05) is 42.8 Å². The molecule has 7 nitrogen and oxygen atoms in total. The van der Waals surface area contributed by atoms with Crippen LogP contribution in [0.3, 0.4) is 0 Å². The number of hydrogen-bond acceptors (Lipinski definition) is 4. The first-order chi connectivity index (χ1) is 15.7. The molecular weight excluding hydrogens is 442 g/mol. The van der Waals surface area contributed by atoms with Crippen LogP contribution in [0, 0.1) is 0 Å². The van der Waals surface area contributed by atoms with Crippen molar-refractivity contribution in [2.75, 3.05) is 11.9 Å². The Kier molecular flexibility index (Phi) is 7.76.